The molecule has 4 N–H and O–H groups in total. The molecule has 13 heteroatoms. The standard InChI is InChI=1S/C36H48N6O5S2/c1-25(2)34-39-30(23-48-34)20-42(3)35(44)41-32(22-46-4)33(43)38-28(17-26-11-7-5-8-12-26)15-16-29(18-27-13-9-6-10-14-27)40-36(45)47-21-31-19-37-24-49-31/h5-14,19,23-25,28-29,32,35,41,44H,15-18,20-22H2,1-4H3,(H,38,43)(H,40,45). The summed E-state index contributed by atoms with van der Waals surface area (Å²) in [7, 11) is 3.30. The Morgan fingerprint density at radius 2 is 1.57 bits per heavy atom. The number of nitrogens with zero attached hydrogens (tertiary/aromatic N) is 3. The lowest BCUT2D eigenvalue weighted by molar-refractivity contribution is -0.128. The monoisotopic (exact) mass is 708 g/mol. The van der Waals surface area contributed by atoms with Crippen LogP contribution in [-0.4, -0.2) is 77.2 Å². The zero-order valence-electron chi connectivity index (χ0n) is 28.6. The van der Waals surface area contributed by atoms with Crippen LogP contribution in [-0.2, 0) is 40.3 Å². The molecule has 0 radical (unpaired) electrons. The quantitative estimate of drug-likeness (QED) is 0.0927. The molecule has 2 amide bonds. The fourth-order valence-electron chi connectivity index (χ4n) is 5.29. The van der Waals surface area contributed by atoms with E-state index in [9.17, 15) is 14.7 Å². The summed E-state index contributed by atoms with van der Waals surface area (Å²) in [5, 5.41) is 23.3. The van der Waals surface area contributed by atoms with E-state index in [1.54, 1.807) is 35.0 Å². The predicted molar refractivity (Wildman–Crippen MR) is 193 cm³/mol. The number of hydrogen-bond donors (Lipinski definition) is 4. The van der Waals surface area contributed by atoms with E-state index in [4.69, 9.17) is 9.47 Å². The van der Waals surface area contributed by atoms with Crippen molar-refractivity contribution in [3.8, 4) is 0 Å². The topological polar surface area (TPSA) is 138 Å². The first-order valence-electron chi connectivity index (χ1n) is 16.5. The van der Waals surface area contributed by atoms with Gasteiger partial charge in [0, 0.05) is 43.2 Å². The summed E-state index contributed by atoms with van der Waals surface area (Å²) in [5.74, 6) is 0.0423. The molecule has 0 saturated heterocycles. The average molecular weight is 709 g/mol. The number of alkyl carbamates (subject to hydrolysis) is 1. The smallest absolute Gasteiger partial charge is 0.407 e. The normalized spacial score (nSPS) is 13.9. The van der Waals surface area contributed by atoms with Gasteiger partial charge in [-0.3, -0.25) is 20.0 Å². The van der Waals surface area contributed by atoms with Gasteiger partial charge in [0.25, 0.3) is 0 Å². The Kier molecular flexibility index (Phi) is 15.6. The van der Waals surface area contributed by atoms with Crippen LogP contribution in [0.5, 0.6) is 0 Å². The number of carbonyl (C=O) groups excluding carboxylic acids is 2. The fraction of sp³-hybridized carbons (Fsp3) is 0.444. The zero-order valence-corrected chi connectivity index (χ0v) is 30.2. The minimum atomic E-state index is -1.11. The van der Waals surface area contributed by atoms with Crippen LogP contribution in [0.2, 0.25) is 0 Å². The van der Waals surface area contributed by atoms with E-state index in [0.29, 0.717) is 38.1 Å². The molecule has 264 valence electrons. The molecule has 0 saturated carbocycles. The molecule has 49 heavy (non-hydrogen) atoms. The second kappa shape index (κ2) is 20.1. The summed E-state index contributed by atoms with van der Waals surface area (Å²) in [6.45, 7) is 4.83. The van der Waals surface area contributed by atoms with Gasteiger partial charge in [-0.1, -0.05) is 74.5 Å². The van der Waals surface area contributed by atoms with Crippen molar-refractivity contribution in [2.75, 3.05) is 20.8 Å². The number of thiazole rings is 2. The van der Waals surface area contributed by atoms with Gasteiger partial charge < -0.3 is 25.2 Å². The number of ether oxygens (including phenoxy) is 2. The third-order valence-electron chi connectivity index (χ3n) is 7.90. The molecule has 4 atom stereocenters. The van der Waals surface area contributed by atoms with Gasteiger partial charge in [-0.15, -0.1) is 22.7 Å². The van der Waals surface area contributed by atoms with E-state index in [-0.39, 0.29) is 31.2 Å². The van der Waals surface area contributed by atoms with Gasteiger partial charge in [-0.05, 0) is 43.9 Å². The number of rotatable bonds is 20. The second-order valence-electron chi connectivity index (χ2n) is 12.3. The number of carbonyl (C=O) groups is 2. The lowest BCUT2D eigenvalue weighted by Crippen LogP contribution is -2.56. The van der Waals surface area contributed by atoms with Crippen molar-refractivity contribution in [2.24, 2.45) is 0 Å². The summed E-state index contributed by atoms with van der Waals surface area (Å²) in [6, 6.07) is 18.6. The molecule has 2 aromatic carbocycles. The molecule has 0 spiro atoms. The summed E-state index contributed by atoms with van der Waals surface area (Å²) in [5.41, 5.74) is 4.72. The van der Waals surface area contributed by atoms with Crippen molar-refractivity contribution in [3.63, 3.8) is 0 Å². The van der Waals surface area contributed by atoms with Crippen LogP contribution < -0.4 is 16.0 Å². The Labute approximate surface area is 297 Å². The van der Waals surface area contributed by atoms with E-state index in [1.807, 2.05) is 66.0 Å². The zero-order chi connectivity index (χ0) is 35.0. The van der Waals surface area contributed by atoms with Crippen LogP contribution in [0.25, 0.3) is 0 Å². The Morgan fingerprint density at radius 3 is 2.12 bits per heavy atom. The van der Waals surface area contributed by atoms with E-state index in [1.165, 1.54) is 18.4 Å². The average Bonchev–Trinajstić information content (AvgIpc) is 3.80. The van der Waals surface area contributed by atoms with Crippen molar-refractivity contribution < 1.29 is 24.2 Å². The third kappa shape index (κ3) is 13.3. The molecule has 0 aliphatic heterocycles. The van der Waals surface area contributed by atoms with Crippen molar-refractivity contribution in [2.45, 2.75) is 83.1 Å². The van der Waals surface area contributed by atoms with Gasteiger partial charge in [0.15, 0.2) is 6.35 Å². The number of aliphatic hydroxyl groups excluding tert-OH is 1. The largest absolute Gasteiger partial charge is 0.444 e. The molecule has 0 fully saturated rings. The Morgan fingerprint density at radius 1 is 0.939 bits per heavy atom. The Balaban J connectivity index is 1.42. The van der Waals surface area contributed by atoms with Gasteiger partial charge in [0.05, 0.1) is 27.7 Å². The molecule has 4 rings (SSSR count). The van der Waals surface area contributed by atoms with E-state index in [0.717, 1.165) is 26.7 Å². The molecular weight excluding hydrogens is 661 g/mol. The number of nitrogens with one attached hydrogen (secondary N) is 3. The van der Waals surface area contributed by atoms with E-state index < -0.39 is 18.5 Å². The minimum absolute atomic E-state index is 0.0623. The summed E-state index contributed by atoms with van der Waals surface area (Å²) in [4.78, 5) is 37.9. The number of methoxy groups -OCH3 is 1. The maximum Gasteiger partial charge on any atom is 0.407 e. The molecule has 0 aliphatic rings. The van der Waals surface area contributed by atoms with Crippen molar-refractivity contribution >= 4 is 34.7 Å². The van der Waals surface area contributed by atoms with Crippen molar-refractivity contribution in [1.82, 2.24) is 30.8 Å². The number of benzene rings is 2. The maximum absolute atomic E-state index is 13.8. The maximum atomic E-state index is 13.8. The first-order valence-corrected chi connectivity index (χ1v) is 18.2. The minimum Gasteiger partial charge on any atom is -0.444 e. The second-order valence-corrected chi connectivity index (χ2v) is 14.2. The molecular formula is C36H48N6O5S2. The number of amides is 2. The molecule has 4 aromatic rings. The highest BCUT2D eigenvalue weighted by Gasteiger charge is 2.27. The Hall–Kier alpha value is -3.72. The first-order chi connectivity index (χ1) is 23.7. The first kappa shape index (κ1) is 38.1. The number of hydrogen-bond acceptors (Lipinski definition) is 11. The fourth-order valence-corrected chi connectivity index (χ4v) is 6.62. The lowest BCUT2D eigenvalue weighted by atomic mass is 9.96. The number of aromatic nitrogens is 2. The number of aliphatic hydroxyl groups is 1. The van der Waals surface area contributed by atoms with Gasteiger partial charge in [0.1, 0.15) is 12.6 Å². The highest BCUT2D eigenvalue weighted by Crippen LogP contribution is 2.20. The van der Waals surface area contributed by atoms with E-state index >= 15 is 0 Å². The molecule has 0 bridgehead atoms. The SMILES string of the molecule is COCC(NC(O)N(C)Cc1csc(C(C)C)n1)C(=O)NC(CCC(Cc1ccccc1)NC(=O)OCc1cncs1)Cc1ccccc1. The van der Waals surface area contributed by atoms with Crippen LogP contribution in [0.15, 0.2) is 77.8 Å². The summed E-state index contributed by atoms with van der Waals surface area (Å²) < 4.78 is 10.9. The van der Waals surface area contributed by atoms with Crippen LogP contribution in [0.1, 0.15) is 59.3 Å². The van der Waals surface area contributed by atoms with Gasteiger partial charge in [0.2, 0.25) is 5.91 Å². The highest BCUT2D eigenvalue weighted by atomic mass is 32.1. The van der Waals surface area contributed by atoms with Gasteiger partial charge >= 0.3 is 6.09 Å². The summed E-state index contributed by atoms with van der Waals surface area (Å²) >= 11 is 3.03. The molecule has 2 heterocycles. The van der Waals surface area contributed by atoms with Gasteiger partial charge in [-0.2, -0.15) is 0 Å². The van der Waals surface area contributed by atoms with Crippen molar-refractivity contribution in [3.05, 3.63) is 104 Å². The molecule has 2 aromatic heterocycles. The summed E-state index contributed by atoms with van der Waals surface area (Å²) in [6.07, 6.45) is 2.43. The predicted octanol–water partition coefficient (Wildman–Crippen LogP) is 5.08. The molecule has 0 aliphatic carbocycles. The van der Waals surface area contributed by atoms with Crippen molar-refractivity contribution in [1.29, 1.82) is 0 Å². The van der Waals surface area contributed by atoms with Crippen LogP contribution >= 0.6 is 22.7 Å². The van der Waals surface area contributed by atoms with E-state index in [2.05, 4.69) is 39.8 Å². The molecule has 4 unspecified atom stereocenters. The lowest BCUT2D eigenvalue weighted by Gasteiger charge is -2.29. The van der Waals surface area contributed by atoms with Crippen LogP contribution in [0.4, 0.5) is 4.79 Å². The van der Waals surface area contributed by atoms with Crippen LogP contribution in [0, 0.1) is 0 Å². The van der Waals surface area contributed by atoms with Gasteiger partial charge in [-0.25, -0.2) is 9.78 Å². The Bertz CT molecular complexity index is 1520. The third-order valence-corrected chi connectivity index (χ3v) is 9.85. The molecule has 11 nitrogen and oxygen atoms in total. The highest BCUT2D eigenvalue weighted by molar-refractivity contribution is 7.09. The van der Waals surface area contributed by atoms with Crippen LogP contribution in [0.3, 0.4) is 0 Å².